The molecule has 0 bridgehead atoms. The fraction of sp³-hybridized carbons (Fsp3) is 0.500. The Kier molecular flexibility index (Phi) is 4.40. The number of carbonyl (C=O) groups excluding carboxylic acids is 1. The molecule has 2 rings (SSSR count). The Bertz CT molecular complexity index is 621. The second-order valence-electron chi connectivity index (χ2n) is 6.91. The van der Waals surface area contributed by atoms with Crippen molar-refractivity contribution in [2.45, 2.75) is 46.6 Å². The largest absolute Gasteiger partial charge is 0.361 e. The van der Waals surface area contributed by atoms with Crippen LogP contribution in [0.2, 0.25) is 0 Å². The minimum absolute atomic E-state index is 0.102. The summed E-state index contributed by atoms with van der Waals surface area (Å²) < 4.78 is 0. The summed E-state index contributed by atoms with van der Waals surface area (Å²) in [7, 11) is 1.91. The van der Waals surface area contributed by atoms with Gasteiger partial charge in [-0.15, -0.1) is 0 Å². The SMILES string of the molecule is C[C@@H](N(C)C(=O)CCc1c[nH]c2ccccc12)C(C)(C)C. The van der Waals surface area contributed by atoms with Crippen LogP contribution < -0.4 is 0 Å². The smallest absolute Gasteiger partial charge is 0.222 e. The molecule has 1 amide bonds. The maximum atomic E-state index is 12.4. The Morgan fingerprint density at radius 3 is 2.62 bits per heavy atom. The number of hydrogen-bond acceptors (Lipinski definition) is 1. The number of para-hydroxylation sites is 1. The van der Waals surface area contributed by atoms with E-state index in [0.29, 0.717) is 6.42 Å². The highest BCUT2D eigenvalue weighted by Gasteiger charge is 2.26. The zero-order valence-corrected chi connectivity index (χ0v) is 13.7. The number of H-pyrrole nitrogens is 1. The molecule has 1 heterocycles. The summed E-state index contributed by atoms with van der Waals surface area (Å²) >= 11 is 0. The van der Waals surface area contributed by atoms with E-state index in [0.717, 1.165) is 11.9 Å². The maximum absolute atomic E-state index is 12.4. The number of nitrogens with one attached hydrogen (secondary N) is 1. The van der Waals surface area contributed by atoms with E-state index in [4.69, 9.17) is 0 Å². The summed E-state index contributed by atoms with van der Waals surface area (Å²) in [4.78, 5) is 17.5. The molecule has 1 aromatic heterocycles. The van der Waals surface area contributed by atoms with Gasteiger partial charge in [-0.3, -0.25) is 4.79 Å². The van der Waals surface area contributed by atoms with Crippen molar-refractivity contribution < 1.29 is 4.79 Å². The first kappa shape index (κ1) is 15.6. The first-order chi connectivity index (χ1) is 9.80. The zero-order valence-electron chi connectivity index (χ0n) is 13.7. The van der Waals surface area contributed by atoms with Crippen LogP contribution in [0, 0.1) is 5.41 Å². The maximum Gasteiger partial charge on any atom is 0.222 e. The lowest BCUT2D eigenvalue weighted by Gasteiger charge is -2.35. The van der Waals surface area contributed by atoms with Crippen LogP contribution in [0.25, 0.3) is 10.9 Å². The molecule has 0 fully saturated rings. The lowest BCUT2D eigenvalue weighted by Crippen LogP contribution is -2.43. The average molecular weight is 286 g/mol. The highest BCUT2D eigenvalue weighted by molar-refractivity contribution is 5.84. The third-order valence-electron chi connectivity index (χ3n) is 4.51. The van der Waals surface area contributed by atoms with Crippen LogP contribution >= 0.6 is 0 Å². The fourth-order valence-corrected chi connectivity index (χ4v) is 2.55. The summed E-state index contributed by atoms with van der Waals surface area (Å²) in [5.74, 6) is 0.211. The van der Waals surface area contributed by atoms with Crippen LogP contribution in [-0.4, -0.2) is 28.9 Å². The first-order valence-electron chi connectivity index (χ1n) is 7.61. The van der Waals surface area contributed by atoms with Crippen molar-refractivity contribution >= 4 is 16.8 Å². The Morgan fingerprint density at radius 1 is 1.29 bits per heavy atom. The van der Waals surface area contributed by atoms with Crippen molar-refractivity contribution in [1.29, 1.82) is 0 Å². The van der Waals surface area contributed by atoms with Gasteiger partial charge in [-0.2, -0.15) is 0 Å². The third kappa shape index (κ3) is 3.46. The van der Waals surface area contributed by atoms with E-state index in [1.54, 1.807) is 0 Å². The van der Waals surface area contributed by atoms with Crippen molar-refractivity contribution in [3.8, 4) is 0 Å². The fourth-order valence-electron chi connectivity index (χ4n) is 2.55. The van der Waals surface area contributed by atoms with Gasteiger partial charge >= 0.3 is 0 Å². The number of nitrogens with zero attached hydrogens (tertiary/aromatic N) is 1. The van der Waals surface area contributed by atoms with Crippen LogP contribution in [0.3, 0.4) is 0 Å². The van der Waals surface area contributed by atoms with Crippen LogP contribution in [0.5, 0.6) is 0 Å². The molecule has 1 atom stereocenters. The summed E-state index contributed by atoms with van der Waals surface area (Å²) in [6.45, 7) is 8.62. The Hall–Kier alpha value is -1.77. The summed E-state index contributed by atoms with van der Waals surface area (Å²) in [6, 6.07) is 8.46. The second-order valence-corrected chi connectivity index (χ2v) is 6.91. The molecule has 1 N–H and O–H groups in total. The molecule has 0 aliphatic heterocycles. The van der Waals surface area contributed by atoms with Crippen LogP contribution in [0.1, 0.15) is 39.7 Å². The van der Waals surface area contributed by atoms with Gasteiger partial charge in [-0.1, -0.05) is 39.0 Å². The number of aromatic amines is 1. The number of aromatic nitrogens is 1. The predicted octanol–water partition coefficient (Wildman–Crippen LogP) is 3.99. The molecule has 21 heavy (non-hydrogen) atoms. The lowest BCUT2D eigenvalue weighted by atomic mass is 9.87. The molecule has 0 aliphatic rings. The van der Waals surface area contributed by atoms with Gasteiger partial charge < -0.3 is 9.88 Å². The van der Waals surface area contributed by atoms with Crippen LogP contribution in [0.4, 0.5) is 0 Å². The summed E-state index contributed by atoms with van der Waals surface area (Å²) in [6.07, 6.45) is 3.36. The normalized spacial score (nSPS) is 13.4. The molecular weight excluding hydrogens is 260 g/mol. The molecule has 1 aromatic carbocycles. The molecule has 3 nitrogen and oxygen atoms in total. The number of fused-ring (bicyclic) bond motifs is 1. The molecule has 0 saturated heterocycles. The number of aryl methyl sites for hydroxylation is 1. The van der Waals surface area contributed by atoms with Crippen molar-refractivity contribution in [3.05, 3.63) is 36.0 Å². The standard InChI is InChI=1S/C18H26N2O/c1-13(18(2,3)4)20(5)17(21)11-10-14-12-19-16-9-7-6-8-15(14)16/h6-9,12-13,19H,10-11H2,1-5H3/t13-/m1/s1. The van der Waals surface area contributed by atoms with Crippen LogP contribution in [-0.2, 0) is 11.2 Å². The van der Waals surface area contributed by atoms with E-state index in [2.05, 4.69) is 44.8 Å². The monoisotopic (exact) mass is 286 g/mol. The van der Waals surface area contributed by atoms with Gasteiger partial charge in [0.05, 0.1) is 0 Å². The van der Waals surface area contributed by atoms with E-state index in [-0.39, 0.29) is 17.4 Å². The highest BCUT2D eigenvalue weighted by atomic mass is 16.2. The van der Waals surface area contributed by atoms with Crippen molar-refractivity contribution in [2.75, 3.05) is 7.05 Å². The summed E-state index contributed by atoms with van der Waals surface area (Å²) in [5, 5.41) is 1.22. The van der Waals surface area contributed by atoms with Crippen molar-refractivity contribution in [3.63, 3.8) is 0 Å². The lowest BCUT2D eigenvalue weighted by molar-refractivity contribution is -0.133. The number of carbonyl (C=O) groups is 1. The van der Waals surface area contributed by atoms with Gasteiger partial charge in [-0.25, -0.2) is 0 Å². The van der Waals surface area contributed by atoms with E-state index >= 15 is 0 Å². The molecule has 2 aromatic rings. The number of amides is 1. The van der Waals surface area contributed by atoms with E-state index in [9.17, 15) is 4.79 Å². The third-order valence-corrected chi connectivity index (χ3v) is 4.51. The number of benzene rings is 1. The van der Waals surface area contributed by atoms with Gasteiger partial charge in [0.1, 0.15) is 0 Å². The molecular formula is C18H26N2O. The molecule has 114 valence electrons. The van der Waals surface area contributed by atoms with E-state index in [1.807, 2.05) is 30.3 Å². The Labute approximate surface area is 127 Å². The molecule has 0 radical (unpaired) electrons. The van der Waals surface area contributed by atoms with Gasteiger partial charge in [-0.05, 0) is 30.4 Å². The molecule has 0 spiro atoms. The molecule has 0 unspecified atom stereocenters. The van der Waals surface area contributed by atoms with Gasteiger partial charge in [0.25, 0.3) is 0 Å². The minimum Gasteiger partial charge on any atom is -0.361 e. The summed E-state index contributed by atoms with van der Waals surface area (Å²) in [5.41, 5.74) is 2.46. The molecule has 0 saturated carbocycles. The second kappa shape index (κ2) is 5.92. The molecule has 3 heteroatoms. The van der Waals surface area contributed by atoms with Crippen LogP contribution in [0.15, 0.2) is 30.5 Å². The van der Waals surface area contributed by atoms with Gasteiger partial charge in [0, 0.05) is 36.6 Å². The first-order valence-corrected chi connectivity index (χ1v) is 7.61. The topological polar surface area (TPSA) is 36.1 Å². The van der Waals surface area contributed by atoms with E-state index < -0.39 is 0 Å². The van der Waals surface area contributed by atoms with Gasteiger partial charge in [0.15, 0.2) is 0 Å². The highest BCUT2D eigenvalue weighted by Crippen LogP contribution is 2.24. The van der Waals surface area contributed by atoms with E-state index in [1.165, 1.54) is 10.9 Å². The Balaban J connectivity index is 2.01. The number of hydrogen-bond donors (Lipinski definition) is 1. The molecule has 0 aliphatic carbocycles. The minimum atomic E-state index is 0.102. The quantitative estimate of drug-likeness (QED) is 0.906. The average Bonchev–Trinajstić information content (AvgIpc) is 2.85. The van der Waals surface area contributed by atoms with Crippen molar-refractivity contribution in [1.82, 2.24) is 9.88 Å². The number of rotatable bonds is 4. The van der Waals surface area contributed by atoms with Crippen molar-refractivity contribution in [2.24, 2.45) is 5.41 Å². The zero-order chi connectivity index (χ0) is 15.6. The predicted molar refractivity (Wildman–Crippen MR) is 88.3 cm³/mol. The Morgan fingerprint density at radius 2 is 1.95 bits per heavy atom. The van der Waals surface area contributed by atoms with Gasteiger partial charge in [0.2, 0.25) is 5.91 Å².